The summed E-state index contributed by atoms with van der Waals surface area (Å²) in [6, 6.07) is 12.0. The van der Waals surface area contributed by atoms with E-state index in [1.54, 1.807) is 42.5 Å². The quantitative estimate of drug-likeness (QED) is 0.493. The van der Waals surface area contributed by atoms with Crippen LogP contribution >= 0.6 is 0 Å². The first-order chi connectivity index (χ1) is 15.3. The highest BCUT2D eigenvalue weighted by molar-refractivity contribution is 6.16. The first-order valence-electron chi connectivity index (χ1n) is 9.74. The van der Waals surface area contributed by atoms with E-state index in [1.165, 1.54) is 27.3 Å². The van der Waals surface area contributed by atoms with E-state index in [-0.39, 0.29) is 22.3 Å². The predicted molar refractivity (Wildman–Crippen MR) is 113 cm³/mol. The van der Waals surface area contributed by atoms with E-state index in [1.807, 2.05) is 0 Å². The molecule has 1 aliphatic heterocycles. The number of aromatic hydroxyl groups is 1. The molecule has 2 aromatic carbocycles. The Morgan fingerprint density at radius 3 is 2.12 bits per heavy atom. The molecule has 1 saturated heterocycles. The first-order valence-corrected chi connectivity index (χ1v) is 9.74. The minimum Gasteiger partial charge on any atom is -0.507 e. The van der Waals surface area contributed by atoms with Gasteiger partial charge in [-0.05, 0) is 29.8 Å². The lowest BCUT2D eigenvalue weighted by molar-refractivity contribution is -0.148. The second-order valence-corrected chi connectivity index (χ2v) is 7.45. The summed E-state index contributed by atoms with van der Waals surface area (Å²) >= 11 is 0. The monoisotopic (exact) mass is 436 g/mol. The number of carbonyl (C=O) groups is 3. The highest BCUT2D eigenvalue weighted by atomic mass is 16.5. The summed E-state index contributed by atoms with van der Waals surface area (Å²) in [5.74, 6) is -4.11. The molecule has 9 heteroatoms. The van der Waals surface area contributed by atoms with Gasteiger partial charge in [-0.25, -0.2) is 9.59 Å². The molecule has 4 rings (SSSR count). The van der Waals surface area contributed by atoms with E-state index < -0.39 is 35.3 Å². The van der Waals surface area contributed by atoms with Gasteiger partial charge in [-0.1, -0.05) is 24.3 Å². The van der Waals surface area contributed by atoms with E-state index in [4.69, 9.17) is 9.15 Å². The first kappa shape index (κ1) is 21.1. The Kier molecular flexibility index (Phi) is 5.17. The number of rotatable bonds is 4. The fraction of sp³-hybridized carbons (Fsp3) is 0.217. The van der Waals surface area contributed by atoms with Gasteiger partial charge in [0, 0.05) is 20.0 Å². The molecule has 1 N–H and O–H groups in total. The molecule has 3 aromatic rings. The van der Waals surface area contributed by atoms with E-state index in [9.17, 15) is 24.3 Å². The van der Waals surface area contributed by atoms with Gasteiger partial charge in [0.25, 0.3) is 0 Å². The second kappa shape index (κ2) is 7.84. The van der Waals surface area contributed by atoms with Crippen molar-refractivity contribution in [1.29, 1.82) is 0 Å². The smallest absolute Gasteiger partial charge is 0.343 e. The molecule has 1 unspecified atom stereocenters. The molecule has 1 atom stereocenters. The number of hydrogen-bond acceptors (Lipinski definition) is 7. The van der Waals surface area contributed by atoms with Crippen LogP contribution in [0.25, 0.3) is 11.0 Å². The number of imide groups is 2. The lowest BCUT2D eigenvalue weighted by Crippen LogP contribution is -2.58. The van der Waals surface area contributed by atoms with Crippen molar-refractivity contribution in [2.75, 3.05) is 21.2 Å². The number of hydrogen-bond donors (Lipinski definition) is 1. The van der Waals surface area contributed by atoms with Crippen LogP contribution in [0.2, 0.25) is 0 Å². The summed E-state index contributed by atoms with van der Waals surface area (Å²) in [4.78, 5) is 53.1. The fourth-order valence-corrected chi connectivity index (χ4v) is 3.98. The molecule has 4 amide bonds. The third kappa shape index (κ3) is 3.18. The molecular weight excluding hydrogens is 416 g/mol. The van der Waals surface area contributed by atoms with Crippen LogP contribution in [0.5, 0.6) is 11.5 Å². The normalized spacial score (nSPS) is 16.0. The topological polar surface area (TPSA) is 117 Å². The molecule has 2 heterocycles. The molecular formula is C23H20N2O7. The number of methoxy groups -OCH3 is 1. The van der Waals surface area contributed by atoms with Crippen molar-refractivity contribution in [3.05, 3.63) is 70.1 Å². The number of barbiturate groups is 1. The lowest BCUT2D eigenvalue weighted by Gasteiger charge is -2.36. The second-order valence-electron chi connectivity index (χ2n) is 7.45. The predicted octanol–water partition coefficient (Wildman–Crippen LogP) is 2.31. The highest BCUT2D eigenvalue weighted by Crippen LogP contribution is 2.41. The molecule has 0 bridgehead atoms. The number of amides is 4. The summed E-state index contributed by atoms with van der Waals surface area (Å²) < 4.78 is 10.6. The van der Waals surface area contributed by atoms with Gasteiger partial charge in [-0.15, -0.1) is 0 Å². The highest BCUT2D eigenvalue weighted by Gasteiger charge is 2.49. The van der Waals surface area contributed by atoms with Crippen molar-refractivity contribution in [2.45, 2.75) is 5.92 Å². The van der Waals surface area contributed by atoms with Gasteiger partial charge < -0.3 is 14.3 Å². The Hall–Kier alpha value is -4.14. The van der Waals surface area contributed by atoms with E-state index in [0.717, 1.165) is 9.80 Å². The minimum absolute atomic E-state index is 0.165. The molecule has 0 aliphatic carbocycles. The third-order valence-corrected chi connectivity index (χ3v) is 5.71. The van der Waals surface area contributed by atoms with Gasteiger partial charge in [0.1, 0.15) is 23.0 Å². The zero-order chi connectivity index (χ0) is 23.2. The van der Waals surface area contributed by atoms with Crippen molar-refractivity contribution >= 4 is 28.8 Å². The van der Waals surface area contributed by atoms with Crippen LogP contribution in [0.3, 0.4) is 0 Å². The number of nitrogens with zero attached hydrogens (tertiary/aromatic N) is 2. The molecule has 164 valence electrons. The Morgan fingerprint density at radius 2 is 1.53 bits per heavy atom. The van der Waals surface area contributed by atoms with Crippen molar-refractivity contribution in [1.82, 2.24) is 9.80 Å². The average Bonchev–Trinajstić information content (AvgIpc) is 2.80. The number of urea groups is 1. The molecule has 9 nitrogen and oxygen atoms in total. The van der Waals surface area contributed by atoms with Crippen LogP contribution in [0.4, 0.5) is 4.79 Å². The molecule has 0 saturated carbocycles. The largest absolute Gasteiger partial charge is 0.507 e. The summed E-state index contributed by atoms with van der Waals surface area (Å²) in [5.41, 5.74) is -0.564. The van der Waals surface area contributed by atoms with Crippen LogP contribution in [0.1, 0.15) is 17.0 Å². The number of carbonyl (C=O) groups excluding carboxylic acids is 3. The molecule has 0 radical (unpaired) electrons. The van der Waals surface area contributed by atoms with Crippen molar-refractivity contribution in [3.8, 4) is 11.5 Å². The number of ether oxygens (including phenoxy) is 1. The van der Waals surface area contributed by atoms with Gasteiger partial charge >= 0.3 is 11.7 Å². The van der Waals surface area contributed by atoms with Crippen LogP contribution in [-0.2, 0) is 9.59 Å². The zero-order valence-corrected chi connectivity index (χ0v) is 17.6. The standard InChI is InChI=1S/C23H20N2O7/c1-24-20(27)18(21(28)25(2)23(24)30)16(12-8-10-13(31-3)11-9-12)17-19(26)14-6-4-5-7-15(14)32-22(17)29/h4-11,16,18,26H,1-3H3. The molecule has 1 aromatic heterocycles. The molecule has 1 aliphatic rings. The molecule has 32 heavy (non-hydrogen) atoms. The summed E-state index contributed by atoms with van der Waals surface area (Å²) in [6.07, 6.45) is 0. The van der Waals surface area contributed by atoms with Crippen molar-refractivity contribution in [2.24, 2.45) is 5.92 Å². The number of benzene rings is 2. The number of para-hydroxylation sites is 1. The summed E-state index contributed by atoms with van der Waals surface area (Å²) in [5, 5.41) is 11.3. The van der Waals surface area contributed by atoms with Gasteiger partial charge in [0.15, 0.2) is 0 Å². The Bertz CT molecular complexity index is 1270. The number of fused-ring (bicyclic) bond motifs is 1. The fourth-order valence-electron chi connectivity index (χ4n) is 3.98. The van der Waals surface area contributed by atoms with Crippen LogP contribution in [0, 0.1) is 5.92 Å². The average molecular weight is 436 g/mol. The van der Waals surface area contributed by atoms with Gasteiger partial charge in [0.05, 0.1) is 18.1 Å². The van der Waals surface area contributed by atoms with Crippen molar-refractivity contribution in [3.63, 3.8) is 0 Å². The summed E-state index contributed by atoms with van der Waals surface area (Å²) in [7, 11) is 4.00. The van der Waals surface area contributed by atoms with Gasteiger partial charge in [0.2, 0.25) is 11.8 Å². The van der Waals surface area contributed by atoms with E-state index >= 15 is 0 Å². The Labute approximate surface area is 182 Å². The van der Waals surface area contributed by atoms with Crippen LogP contribution < -0.4 is 10.4 Å². The van der Waals surface area contributed by atoms with Gasteiger partial charge in [-0.3, -0.25) is 19.4 Å². The van der Waals surface area contributed by atoms with Crippen LogP contribution in [-0.4, -0.2) is 54.0 Å². The zero-order valence-electron chi connectivity index (χ0n) is 17.6. The molecule has 0 spiro atoms. The Morgan fingerprint density at radius 1 is 0.938 bits per heavy atom. The minimum atomic E-state index is -1.47. The SMILES string of the molecule is COc1ccc(C(c2c(O)c3ccccc3oc2=O)C2C(=O)N(C)C(=O)N(C)C2=O)cc1. The third-order valence-electron chi connectivity index (χ3n) is 5.71. The lowest BCUT2D eigenvalue weighted by atomic mass is 9.78. The maximum Gasteiger partial charge on any atom is 0.343 e. The van der Waals surface area contributed by atoms with E-state index in [0.29, 0.717) is 11.3 Å². The van der Waals surface area contributed by atoms with Gasteiger partial charge in [-0.2, -0.15) is 0 Å². The maximum atomic E-state index is 13.1. The summed E-state index contributed by atoms with van der Waals surface area (Å²) in [6.45, 7) is 0. The Balaban J connectivity index is 2.00. The van der Waals surface area contributed by atoms with E-state index in [2.05, 4.69) is 0 Å². The maximum absolute atomic E-state index is 13.1. The van der Waals surface area contributed by atoms with Crippen LogP contribution in [0.15, 0.2) is 57.7 Å². The molecule has 1 fully saturated rings. The van der Waals surface area contributed by atoms with Crippen molar-refractivity contribution < 1.29 is 28.6 Å².